The van der Waals surface area contributed by atoms with Gasteiger partial charge in [-0.25, -0.2) is 0 Å². The Bertz CT molecular complexity index is 657. The van der Waals surface area contributed by atoms with Gasteiger partial charge in [-0.15, -0.1) is 0 Å². The number of nitrogens with zero attached hydrogens (tertiary/aromatic N) is 1. The molecule has 0 aromatic heterocycles. The number of halogens is 3. The number of hydrogen-bond donors (Lipinski definition) is 1. The fourth-order valence-electron chi connectivity index (χ4n) is 3.01. The predicted octanol–water partition coefficient (Wildman–Crippen LogP) is 3.61. The lowest BCUT2D eigenvalue weighted by atomic mass is 9.90. The van der Waals surface area contributed by atoms with Crippen LogP contribution in [-0.4, -0.2) is 29.8 Å². The number of carbonyl (C=O) groups excluding carboxylic acids is 2. The third-order valence-electron chi connectivity index (χ3n) is 4.52. The van der Waals surface area contributed by atoms with Gasteiger partial charge in [-0.05, 0) is 30.5 Å². The van der Waals surface area contributed by atoms with Gasteiger partial charge in [0.1, 0.15) is 0 Å². The molecule has 1 heterocycles. The molecular weight excluding hydrogens is 345 g/mol. The minimum absolute atomic E-state index is 0.0594. The number of piperidine rings is 1. The first-order valence-electron chi connectivity index (χ1n) is 8.71. The molecule has 0 radical (unpaired) electrons. The number of likely N-dealkylation sites (tertiary alicyclic amines) is 1. The average Bonchev–Trinajstić information content (AvgIpc) is 2.58. The van der Waals surface area contributed by atoms with Gasteiger partial charge in [0, 0.05) is 31.0 Å². The molecular formula is C19H25F3N2O2. The molecule has 26 heavy (non-hydrogen) atoms. The van der Waals surface area contributed by atoms with Crippen LogP contribution in [0.1, 0.15) is 44.7 Å². The Balaban J connectivity index is 1.86. The molecule has 0 bridgehead atoms. The van der Waals surface area contributed by atoms with E-state index in [1.807, 2.05) is 20.8 Å². The van der Waals surface area contributed by atoms with E-state index in [2.05, 4.69) is 5.32 Å². The second kappa shape index (κ2) is 7.68. The molecule has 0 aliphatic carbocycles. The van der Waals surface area contributed by atoms with Crippen LogP contribution in [0.3, 0.4) is 0 Å². The van der Waals surface area contributed by atoms with Crippen LogP contribution in [-0.2, 0) is 22.3 Å². The van der Waals surface area contributed by atoms with Gasteiger partial charge in [0.05, 0.1) is 5.56 Å². The summed E-state index contributed by atoms with van der Waals surface area (Å²) in [4.78, 5) is 26.3. The number of amides is 2. The zero-order valence-electron chi connectivity index (χ0n) is 15.3. The minimum Gasteiger partial charge on any atom is -0.352 e. The van der Waals surface area contributed by atoms with Crippen LogP contribution < -0.4 is 5.32 Å². The van der Waals surface area contributed by atoms with Crippen LogP contribution in [0.4, 0.5) is 13.2 Å². The minimum atomic E-state index is -4.40. The third-order valence-corrected chi connectivity index (χ3v) is 4.52. The Kier molecular flexibility index (Phi) is 5.98. The van der Waals surface area contributed by atoms with Crippen LogP contribution >= 0.6 is 0 Å². The zero-order chi connectivity index (χ0) is 19.5. The maximum absolute atomic E-state index is 12.7. The van der Waals surface area contributed by atoms with Gasteiger partial charge < -0.3 is 10.2 Å². The molecule has 1 aromatic rings. The molecule has 0 spiro atoms. The van der Waals surface area contributed by atoms with E-state index >= 15 is 0 Å². The third kappa shape index (κ3) is 5.22. The SMILES string of the molecule is CC(C)(C)C(=O)N1CCC(C(=O)NCc2cccc(C(F)(F)F)c2)CC1. The van der Waals surface area contributed by atoms with E-state index in [-0.39, 0.29) is 24.3 Å². The van der Waals surface area contributed by atoms with E-state index < -0.39 is 17.2 Å². The Hall–Kier alpha value is -2.05. The fourth-order valence-corrected chi connectivity index (χ4v) is 3.01. The molecule has 1 fully saturated rings. The van der Waals surface area contributed by atoms with Gasteiger partial charge in [-0.2, -0.15) is 13.2 Å². The van der Waals surface area contributed by atoms with Crippen LogP contribution in [0.2, 0.25) is 0 Å². The van der Waals surface area contributed by atoms with Crippen molar-refractivity contribution in [3.8, 4) is 0 Å². The summed E-state index contributed by atoms with van der Waals surface area (Å²) < 4.78 is 38.2. The molecule has 1 N–H and O–H groups in total. The largest absolute Gasteiger partial charge is 0.416 e. The monoisotopic (exact) mass is 370 g/mol. The Morgan fingerprint density at radius 1 is 1.15 bits per heavy atom. The van der Waals surface area contributed by atoms with Crippen LogP contribution in [0.25, 0.3) is 0 Å². The van der Waals surface area contributed by atoms with Crippen molar-refractivity contribution in [3.63, 3.8) is 0 Å². The summed E-state index contributed by atoms with van der Waals surface area (Å²) in [6.07, 6.45) is -3.26. The molecule has 0 unspecified atom stereocenters. The summed E-state index contributed by atoms with van der Waals surface area (Å²) in [5.74, 6) is -0.324. The molecule has 0 saturated carbocycles. The maximum atomic E-state index is 12.7. The quantitative estimate of drug-likeness (QED) is 0.884. The van der Waals surface area contributed by atoms with Crippen molar-refractivity contribution < 1.29 is 22.8 Å². The van der Waals surface area contributed by atoms with E-state index in [9.17, 15) is 22.8 Å². The predicted molar refractivity (Wildman–Crippen MR) is 92.0 cm³/mol. The van der Waals surface area contributed by atoms with Crippen LogP contribution in [0, 0.1) is 11.3 Å². The Morgan fingerprint density at radius 3 is 2.31 bits per heavy atom. The highest BCUT2D eigenvalue weighted by molar-refractivity contribution is 5.82. The molecule has 1 aliphatic rings. The average molecular weight is 370 g/mol. The summed E-state index contributed by atoms with van der Waals surface area (Å²) in [5.41, 5.74) is -0.759. The van der Waals surface area contributed by atoms with E-state index in [0.29, 0.717) is 31.5 Å². The van der Waals surface area contributed by atoms with E-state index in [4.69, 9.17) is 0 Å². The summed E-state index contributed by atoms with van der Waals surface area (Å²) in [5, 5.41) is 2.71. The van der Waals surface area contributed by atoms with Gasteiger partial charge in [0.25, 0.3) is 0 Å². The summed E-state index contributed by atoms with van der Waals surface area (Å²) in [7, 11) is 0. The van der Waals surface area contributed by atoms with Crippen LogP contribution in [0.5, 0.6) is 0 Å². The first-order chi connectivity index (χ1) is 12.0. The topological polar surface area (TPSA) is 49.4 Å². The summed E-state index contributed by atoms with van der Waals surface area (Å²) in [6.45, 7) is 6.70. The normalized spacial score (nSPS) is 16.5. The first-order valence-corrected chi connectivity index (χ1v) is 8.71. The second-order valence-corrected chi connectivity index (χ2v) is 7.73. The summed E-state index contributed by atoms with van der Waals surface area (Å²) >= 11 is 0. The van der Waals surface area contributed by atoms with Crippen molar-refractivity contribution in [2.75, 3.05) is 13.1 Å². The fraction of sp³-hybridized carbons (Fsp3) is 0.579. The molecule has 4 nitrogen and oxygen atoms in total. The highest BCUT2D eigenvalue weighted by Crippen LogP contribution is 2.29. The molecule has 2 rings (SSSR count). The first kappa shape index (κ1) is 20.3. The Labute approximate surface area is 151 Å². The second-order valence-electron chi connectivity index (χ2n) is 7.73. The molecule has 144 valence electrons. The highest BCUT2D eigenvalue weighted by atomic mass is 19.4. The standard InChI is InChI=1S/C19H25F3N2O2/c1-18(2,3)17(26)24-9-7-14(8-10-24)16(25)23-12-13-5-4-6-15(11-13)19(20,21)22/h4-6,11,14H,7-10,12H2,1-3H3,(H,23,25). The number of alkyl halides is 3. The van der Waals surface area contributed by atoms with E-state index in [1.165, 1.54) is 6.07 Å². The lowest BCUT2D eigenvalue weighted by Gasteiger charge is -2.35. The number of nitrogens with one attached hydrogen (secondary N) is 1. The molecule has 1 saturated heterocycles. The van der Waals surface area contributed by atoms with Gasteiger partial charge in [0.15, 0.2) is 0 Å². The maximum Gasteiger partial charge on any atom is 0.416 e. The molecule has 1 aromatic carbocycles. The number of carbonyl (C=O) groups is 2. The van der Waals surface area contributed by atoms with Gasteiger partial charge >= 0.3 is 6.18 Å². The highest BCUT2D eigenvalue weighted by Gasteiger charge is 2.33. The van der Waals surface area contributed by atoms with Crippen molar-refractivity contribution in [1.82, 2.24) is 10.2 Å². The lowest BCUT2D eigenvalue weighted by Crippen LogP contribution is -2.46. The molecule has 2 amide bonds. The number of benzene rings is 1. The van der Waals surface area contributed by atoms with Crippen molar-refractivity contribution in [2.45, 2.75) is 46.3 Å². The lowest BCUT2D eigenvalue weighted by molar-refractivity contribution is -0.142. The summed E-state index contributed by atoms with van der Waals surface area (Å²) in [6, 6.07) is 4.94. The van der Waals surface area contributed by atoms with E-state index in [1.54, 1.807) is 11.0 Å². The molecule has 1 aliphatic heterocycles. The number of hydrogen-bond acceptors (Lipinski definition) is 2. The van der Waals surface area contributed by atoms with Crippen LogP contribution in [0.15, 0.2) is 24.3 Å². The van der Waals surface area contributed by atoms with Crippen molar-refractivity contribution in [3.05, 3.63) is 35.4 Å². The van der Waals surface area contributed by atoms with Crippen molar-refractivity contribution in [1.29, 1.82) is 0 Å². The van der Waals surface area contributed by atoms with Crippen molar-refractivity contribution in [2.24, 2.45) is 11.3 Å². The van der Waals surface area contributed by atoms with Crippen molar-refractivity contribution >= 4 is 11.8 Å². The smallest absolute Gasteiger partial charge is 0.352 e. The van der Waals surface area contributed by atoms with Gasteiger partial charge in [0.2, 0.25) is 11.8 Å². The molecule has 7 heteroatoms. The van der Waals surface area contributed by atoms with E-state index in [0.717, 1.165) is 12.1 Å². The van der Waals surface area contributed by atoms with Gasteiger partial charge in [-0.1, -0.05) is 32.9 Å². The Morgan fingerprint density at radius 2 is 1.77 bits per heavy atom. The number of rotatable bonds is 3. The molecule has 0 atom stereocenters. The van der Waals surface area contributed by atoms with Gasteiger partial charge in [-0.3, -0.25) is 9.59 Å². The zero-order valence-corrected chi connectivity index (χ0v) is 15.3.